The first-order chi connectivity index (χ1) is 13.8. The van der Waals surface area contributed by atoms with E-state index >= 15 is 0 Å². The molecule has 0 bridgehead atoms. The van der Waals surface area contributed by atoms with Gasteiger partial charge in [-0.05, 0) is 64.6 Å². The highest BCUT2D eigenvalue weighted by molar-refractivity contribution is 7.25. The van der Waals surface area contributed by atoms with Crippen molar-refractivity contribution in [1.29, 1.82) is 0 Å². The van der Waals surface area contributed by atoms with Crippen LogP contribution >= 0.6 is 11.3 Å². The SMILES string of the molecule is CC(COc1ccc2sc3ccc(OCC(C)CN(C)C)cc3c2c1)CN(C)C. The molecule has 1 heterocycles. The van der Waals surface area contributed by atoms with Gasteiger partial charge < -0.3 is 19.3 Å². The molecule has 0 saturated carbocycles. The third-order valence-corrected chi connectivity index (χ3v) is 5.99. The first kappa shape index (κ1) is 21.9. The molecule has 29 heavy (non-hydrogen) atoms. The summed E-state index contributed by atoms with van der Waals surface area (Å²) in [6, 6.07) is 12.9. The molecule has 1 aromatic heterocycles. The molecule has 2 aromatic carbocycles. The van der Waals surface area contributed by atoms with E-state index in [9.17, 15) is 0 Å². The summed E-state index contributed by atoms with van der Waals surface area (Å²) < 4.78 is 14.7. The number of benzene rings is 2. The molecule has 2 unspecified atom stereocenters. The summed E-state index contributed by atoms with van der Waals surface area (Å²) >= 11 is 1.82. The molecule has 0 aliphatic heterocycles. The van der Waals surface area contributed by atoms with E-state index in [1.807, 2.05) is 11.3 Å². The zero-order valence-corrected chi connectivity index (χ0v) is 19.4. The molecule has 0 radical (unpaired) electrons. The van der Waals surface area contributed by atoms with E-state index in [0.29, 0.717) is 11.8 Å². The number of ether oxygens (including phenoxy) is 2. The number of fused-ring (bicyclic) bond motifs is 3. The Hall–Kier alpha value is -1.82. The molecule has 0 spiro atoms. The lowest BCUT2D eigenvalue weighted by Gasteiger charge is -2.17. The van der Waals surface area contributed by atoms with E-state index in [-0.39, 0.29) is 0 Å². The molecular weight excluding hydrogens is 380 g/mol. The Kier molecular flexibility index (Phi) is 7.38. The van der Waals surface area contributed by atoms with Gasteiger partial charge in [0.15, 0.2) is 0 Å². The Morgan fingerprint density at radius 3 is 1.52 bits per heavy atom. The topological polar surface area (TPSA) is 24.9 Å². The van der Waals surface area contributed by atoms with Crippen LogP contribution in [0.5, 0.6) is 11.5 Å². The lowest BCUT2D eigenvalue weighted by molar-refractivity contribution is 0.222. The van der Waals surface area contributed by atoms with Crippen LogP contribution in [-0.4, -0.2) is 64.3 Å². The summed E-state index contributed by atoms with van der Waals surface area (Å²) in [6.45, 7) is 7.94. The monoisotopic (exact) mass is 414 g/mol. The van der Waals surface area contributed by atoms with Crippen molar-refractivity contribution in [2.75, 3.05) is 54.5 Å². The van der Waals surface area contributed by atoms with Crippen molar-refractivity contribution in [2.45, 2.75) is 13.8 Å². The van der Waals surface area contributed by atoms with E-state index in [2.05, 4.69) is 88.2 Å². The van der Waals surface area contributed by atoms with Crippen LogP contribution in [0.3, 0.4) is 0 Å². The molecule has 0 fully saturated rings. The minimum Gasteiger partial charge on any atom is -0.493 e. The predicted octanol–water partition coefficient (Wildman–Crippen LogP) is 5.21. The van der Waals surface area contributed by atoms with Gasteiger partial charge in [0, 0.05) is 45.1 Å². The minimum absolute atomic E-state index is 0.490. The Morgan fingerprint density at radius 1 is 0.724 bits per heavy atom. The molecule has 5 heteroatoms. The van der Waals surface area contributed by atoms with Gasteiger partial charge in [-0.3, -0.25) is 0 Å². The first-order valence-electron chi connectivity index (χ1n) is 10.3. The van der Waals surface area contributed by atoms with Gasteiger partial charge in [-0.2, -0.15) is 0 Å². The third kappa shape index (κ3) is 6.08. The summed E-state index contributed by atoms with van der Waals surface area (Å²) in [6.07, 6.45) is 0. The second kappa shape index (κ2) is 9.79. The summed E-state index contributed by atoms with van der Waals surface area (Å²) in [7, 11) is 8.39. The van der Waals surface area contributed by atoms with Crippen LogP contribution in [0.15, 0.2) is 36.4 Å². The smallest absolute Gasteiger partial charge is 0.120 e. The maximum atomic E-state index is 6.08. The molecule has 0 aliphatic carbocycles. The van der Waals surface area contributed by atoms with Crippen LogP contribution in [0.1, 0.15) is 13.8 Å². The molecule has 158 valence electrons. The van der Waals surface area contributed by atoms with Crippen LogP contribution in [-0.2, 0) is 0 Å². The highest BCUT2D eigenvalue weighted by atomic mass is 32.1. The largest absolute Gasteiger partial charge is 0.493 e. The van der Waals surface area contributed by atoms with Gasteiger partial charge in [0.05, 0.1) is 13.2 Å². The van der Waals surface area contributed by atoms with Gasteiger partial charge in [-0.1, -0.05) is 13.8 Å². The molecule has 3 aromatic rings. The average Bonchev–Trinajstić information content (AvgIpc) is 3.01. The number of nitrogens with zero attached hydrogens (tertiary/aromatic N) is 2. The number of hydrogen-bond acceptors (Lipinski definition) is 5. The number of thiophene rings is 1. The molecule has 0 N–H and O–H groups in total. The van der Waals surface area contributed by atoms with Gasteiger partial charge in [0.25, 0.3) is 0 Å². The standard InChI is InChI=1S/C24H34N2O2S/c1-17(13-25(3)4)15-27-19-7-9-23-21(11-19)22-12-20(8-10-24(22)29-23)28-16-18(2)14-26(5)6/h7-12,17-18H,13-16H2,1-6H3. The van der Waals surface area contributed by atoms with Crippen molar-refractivity contribution in [3.63, 3.8) is 0 Å². The fraction of sp³-hybridized carbons (Fsp3) is 0.500. The van der Waals surface area contributed by atoms with Crippen molar-refractivity contribution in [2.24, 2.45) is 11.8 Å². The van der Waals surface area contributed by atoms with Crippen LogP contribution in [0.2, 0.25) is 0 Å². The molecule has 3 rings (SSSR count). The highest BCUT2D eigenvalue weighted by Crippen LogP contribution is 2.37. The highest BCUT2D eigenvalue weighted by Gasteiger charge is 2.11. The van der Waals surface area contributed by atoms with Crippen LogP contribution in [0, 0.1) is 11.8 Å². The Labute approximate surface area is 179 Å². The van der Waals surface area contributed by atoms with E-state index < -0.39 is 0 Å². The van der Waals surface area contributed by atoms with Crippen molar-refractivity contribution in [1.82, 2.24) is 9.80 Å². The van der Waals surface area contributed by atoms with Crippen molar-refractivity contribution < 1.29 is 9.47 Å². The van der Waals surface area contributed by atoms with E-state index in [1.54, 1.807) is 0 Å². The summed E-state index contributed by atoms with van der Waals surface area (Å²) in [5.41, 5.74) is 0. The van der Waals surface area contributed by atoms with E-state index in [0.717, 1.165) is 37.8 Å². The van der Waals surface area contributed by atoms with Crippen LogP contribution in [0.4, 0.5) is 0 Å². The lowest BCUT2D eigenvalue weighted by Crippen LogP contribution is -2.24. The van der Waals surface area contributed by atoms with Crippen molar-refractivity contribution in [3.05, 3.63) is 36.4 Å². The van der Waals surface area contributed by atoms with Crippen LogP contribution in [0.25, 0.3) is 20.2 Å². The fourth-order valence-corrected chi connectivity index (χ4v) is 4.81. The Balaban J connectivity index is 1.75. The maximum Gasteiger partial charge on any atom is 0.120 e. The van der Waals surface area contributed by atoms with Gasteiger partial charge in [-0.25, -0.2) is 0 Å². The number of hydrogen-bond donors (Lipinski definition) is 0. The van der Waals surface area contributed by atoms with Gasteiger partial charge in [0.2, 0.25) is 0 Å². The summed E-state index contributed by atoms with van der Waals surface area (Å²) in [5.74, 6) is 2.86. The molecule has 0 aliphatic rings. The quantitative estimate of drug-likeness (QED) is 0.455. The first-order valence-corrected chi connectivity index (χ1v) is 11.1. The fourth-order valence-electron chi connectivity index (χ4n) is 3.74. The summed E-state index contributed by atoms with van der Waals surface area (Å²) in [5, 5.41) is 2.49. The van der Waals surface area contributed by atoms with Gasteiger partial charge >= 0.3 is 0 Å². The minimum atomic E-state index is 0.490. The normalized spacial score (nSPS) is 14.1. The van der Waals surface area contributed by atoms with Crippen LogP contribution < -0.4 is 9.47 Å². The average molecular weight is 415 g/mol. The summed E-state index contributed by atoms with van der Waals surface area (Å²) in [4.78, 5) is 4.40. The van der Waals surface area contributed by atoms with Gasteiger partial charge in [0.1, 0.15) is 11.5 Å². The van der Waals surface area contributed by atoms with E-state index in [4.69, 9.17) is 9.47 Å². The van der Waals surface area contributed by atoms with E-state index in [1.165, 1.54) is 20.2 Å². The Bertz CT molecular complexity index is 861. The van der Waals surface area contributed by atoms with Gasteiger partial charge in [-0.15, -0.1) is 11.3 Å². The molecule has 0 saturated heterocycles. The third-order valence-electron chi connectivity index (χ3n) is 4.83. The zero-order valence-electron chi connectivity index (χ0n) is 18.6. The molecular formula is C24H34N2O2S. The Morgan fingerprint density at radius 2 is 1.14 bits per heavy atom. The maximum absolute atomic E-state index is 6.08. The second-order valence-electron chi connectivity index (χ2n) is 8.77. The van der Waals surface area contributed by atoms with Crippen molar-refractivity contribution in [3.8, 4) is 11.5 Å². The van der Waals surface area contributed by atoms with Crippen molar-refractivity contribution >= 4 is 31.5 Å². The lowest BCUT2D eigenvalue weighted by atomic mass is 10.1. The second-order valence-corrected chi connectivity index (χ2v) is 9.86. The predicted molar refractivity (Wildman–Crippen MR) is 126 cm³/mol. The molecule has 0 amide bonds. The molecule has 4 nitrogen and oxygen atoms in total. The number of rotatable bonds is 10. The zero-order chi connectivity index (χ0) is 21.0. The molecule has 2 atom stereocenters.